The van der Waals surface area contributed by atoms with Crippen LogP contribution in [0.25, 0.3) is 0 Å². The van der Waals surface area contributed by atoms with Crippen molar-refractivity contribution in [2.75, 3.05) is 13.2 Å². The second-order valence-corrected chi connectivity index (χ2v) is 2.35. The number of carbonyl (C=O) groups is 1. The average molecular weight is 141 g/mol. The van der Waals surface area contributed by atoms with E-state index < -0.39 is 0 Å². The van der Waals surface area contributed by atoms with E-state index in [4.69, 9.17) is 4.74 Å². The van der Waals surface area contributed by atoms with E-state index in [-0.39, 0.29) is 18.6 Å². The standard InChI is InChI=1S/C7H11NO2/c1-3-8-6(2)4-10-5-7(8)9/h3,6H,1,4-5H2,2H3. The van der Waals surface area contributed by atoms with E-state index in [1.165, 1.54) is 0 Å². The fourth-order valence-corrected chi connectivity index (χ4v) is 0.999. The average Bonchev–Trinajstić information content (AvgIpc) is 1.88. The predicted molar refractivity (Wildman–Crippen MR) is 37.3 cm³/mol. The zero-order chi connectivity index (χ0) is 7.56. The van der Waals surface area contributed by atoms with Crippen LogP contribution in [0.2, 0.25) is 0 Å². The highest BCUT2D eigenvalue weighted by atomic mass is 16.5. The minimum atomic E-state index is -0.00579. The minimum Gasteiger partial charge on any atom is -0.369 e. The van der Waals surface area contributed by atoms with Crippen molar-refractivity contribution < 1.29 is 9.53 Å². The van der Waals surface area contributed by atoms with E-state index >= 15 is 0 Å². The first-order valence-corrected chi connectivity index (χ1v) is 3.27. The number of rotatable bonds is 1. The molecule has 56 valence electrons. The van der Waals surface area contributed by atoms with Gasteiger partial charge in [0, 0.05) is 6.20 Å². The van der Waals surface area contributed by atoms with E-state index in [9.17, 15) is 4.79 Å². The summed E-state index contributed by atoms with van der Waals surface area (Å²) in [5.74, 6) is -0.00579. The van der Waals surface area contributed by atoms with Gasteiger partial charge in [-0.15, -0.1) is 0 Å². The quantitative estimate of drug-likeness (QED) is 0.528. The molecule has 1 unspecified atom stereocenters. The van der Waals surface area contributed by atoms with Crippen molar-refractivity contribution in [1.82, 2.24) is 4.90 Å². The molecule has 1 heterocycles. The molecule has 0 aromatic rings. The molecule has 0 saturated carbocycles. The Kier molecular flexibility index (Phi) is 2.06. The molecule has 0 aromatic heterocycles. The molecule has 0 aliphatic carbocycles. The van der Waals surface area contributed by atoms with Gasteiger partial charge in [-0.2, -0.15) is 0 Å². The van der Waals surface area contributed by atoms with E-state index in [0.717, 1.165) is 0 Å². The summed E-state index contributed by atoms with van der Waals surface area (Å²) in [7, 11) is 0. The number of nitrogens with zero attached hydrogens (tertiary/aromatic N) is 1. The summed E-state index contributed by atoms with van der Waals surface area (Å²) < 4.78 is 4.99. The van der Waals surface area contributed by atoms with Crippen molar-refractivity contribution in [2.45, 2.75) is 13.0 Å². The molecule has 1 aliphatic heterocycles. The van der Waals surface area contributed by atoms with Gasteiger partial charge in [-0.1, -0.05) is 6.58 Å². The largest absolute Gasteiger partial charge is 0.369 e. The summed E-state index contributed by atoms with van der Waals surface area (Å²) in [6.45, 7) is 6.26. The van der Waals surface area contributed by atoms with Crippen LogP contribution in [0.15, 0.2) is 12.8 Å². The van der Waals surface area contributed by atoms with Gasteiger partial charge >= 0.3 is 0 Å². The van der Waals surface area contributed by atoms with Crippen LogP contribution in [-0.2, 0) is 9.53 Å². The van der Waals surface area contributed by atoms with Gasteiger partial charge < -0.3 is 9.64 Å². The van der Waals surface area contributed by atoms with Crippen molar-refractivity contribution >= 4 is 5.91 Å². The fraction of sp³-hybridized carbons (Fsp3) is 0.571. The van der Waals surface area contributed by atoms with Gasteiger partial charge in [-0.05, 0) is 6.92 Å². The maximum absolute atomic E-state index is 11.0. The molecule has 1 rings (SSSR count). The summed E-state index contributed by atoms with van der Waals surface area (Å²) in [5, 5.41) is 0. The van der Waals surface area contributed by atoms with Crippen LogP contribution in [0.1, 0.15) is 6.92 Å². The van der Waals surface area contributed by atoms with Gasteiger partial charge in [0.05, 0.1) is 12.6 Å². The van der Waals surface area contributed by atoms with Crippen LogP contribution in [0.4, 0.5) is 0 Å². The second kappa shape index (κ2) is 2.84. The first-order valence-electron chi connectivity index (χ1n) is 3.27. The van der Waals surface area contributed by atoms with Gasteiger partial charge in [0.15, 0.2) is 0 Å². The molecule has 0 aromatic carbocycles. The SMILES string of the molecule is C=CN1C(=O)COCC1C. The molecule has 1 saturated heterocycles. The van der Waals surface area contributed by atoms with Crippen molar-refractivity contribution in [3.05, 3.63) is 12.8 Å². The Labute approximate surface area is 60.3 Å². The van der Waals surface area contributed by atoms with Gasteiger partial charge in [0.2, 0.25) is 0 Å². The molecule has 3 nitrogen and oxygen atoms in total. The lowest BCUT2D eigenvalue weighted by atomic mass is 10.3. The Morgan fingerprint density at radius 3 is 3.00 bits per heavy atom. The smallest absolute Gasteiger partial charge is 0.252 e. The molecule has 1 aliphatic rings. The van der Waals surface area contributed by atoms with E-state index in [1.807, 2.05) is 6.92 Å². The van der Waals surface area contributed by atoms with E-state index in [1.54, 1.807) is 11.1 Å². The Morgan fingerprint density at radius 1 is 1.90 bits per heavy atom. The normalized spacial score (nSPS) is 26.7. The van der Waals surface area contributed by atoms with Crippen LogP contribution in [0.5, 0.6) is 0 Å². The van der Waals surface area contributed by atoms with E-state index in [2.05, 4.69) is 6.58 Å². The third-order valence-electron chi connectivity index (χ3n) is 1.54. The molecule has 0 N–H and O–H groups in total. The van der Waals surface area contributed by atoms with Gasteiger partial charge in [0.25, 0.3) is 5.91 Å². The molecule has 1 amide bonds. The van der Waals surface area contributed by atoms with Crippen LogP contribution < -0.4 is 0 Å². The number of hydrogen-bond acceptors (Lipinski definition) is 2. The highest BCUT2D eigenvalue weighted by Gasteiger charge is 2.22. The monoisotopic (exact) mass is 141 g/mol. The highest BCUT2D eigenvalue weighted by Crippen LogP contribution is 2.06. The summed E-state index contributed by atoms with van der Waals surface area (Å²) in [4.78, 5) is 12.6. The number of morpholine rings is 1. The van der Waals surface area contributed by atoms with Crippen LogP contribution in [-0.4, -0.2) is 30.1 Å². The molecule has 10 heavy (non-hydrogen) atoms. The molecule has 0 bridgehead atoms. The molecule has 3 heteroatoms. The maximum atomic E-state index is 11.0. The Hall–Kier alpha value is -0.830. The van der Waals surface area contributed by atoms with Gasteiger partial charge in [0.1, 0.15) is 6.61 Å². The highest BCUT2D eigenvalue weighted by molar-refractivity contribution is 5.79. The lowest BCUT2D eigenvalue weighted by Gasteiger charge is -2.29. The summed E-state index contributed by atoms with van der Waals surface area (Å²) in [6, 6.07) is 0.138. The van der Waals surface area contributed by atoms with Crippen molar-refractivity contribution in [3.63, 3.8) is 0 Å². The first kappa shape index (κ1) is 7.28. The molecular formula is C7H11NO2. The molecule has 0 spiro atoms. The number of ether oxygens (including phenoxy) is 1. The van der Waals surface area contributed by atoms with Crippen molar-refractivity contribution in [2.24, 2.45) is 0 Å². The molecule has 0 radical (unpaired) electrons. The number of hydrogen-bond donors (Lipinski definition) is 0. The molecule has 1 atom stereocenters. The minimum absolute atomic E-state index is 0.00579. The van der Waals surface area contributed by atoms with Gasteiger partial charge in [-0.3, -0.25) is 4.79 Å². The van der Waals surface area contributed by atoms with Crippen molar-refractivity contribution in [3.8, 4) is 0 Å². The summed E-state index contributed by atoms with van der Waals surface area (Å²) in [5.41, 5.74) is 0. The van der Waals surface area contributed by atoms with Crippen molar-refractivity contribution in [1.29, 1.82) is 0 Å². The van der Waals surface area contributed by atoms with Crippen LogP contribution in [0.3, 0.4) is 0 Å². The summed E-state index contributed by atoms with van der Waals surface area (Å²) >= 11 is 0. The number of carbonyl (C=O) groups excluding carboxylic acids is 1. The van der Waals surface area contributed by atoms with Crippen LogP contribution in [0, 0.1) is 0 Å². The van der Waals surface area contributed by atoms with Crippen LogP contribution >= 0.6 is 0 Å². The molecule has 1 fully saturated rings. The third kappa shape index (κ3) is 1.19. The zero-order valence-electron chi connectivity index (χ0n) is 6.04. The lowest BCUT2D eigenvalue weighted by Crippen LogP contribution is -2.44. The van der Waals surface area contributed by atoms with E-state index in [0.29, 0.717) is 6.61 Å². The fourth-order valence-electron chi connectivity index (χ4n) is 0.999. The lowest BCUT2D eigenvalue weighted by molar-refractivity contribution is -0.142. The maximum Gasteiger partial charge on any atom is 0.252 e. The Balaban J connectivity index is 2.62. The first-order chi connectivity index (χ1) is 4.75. The summed E-state index contributed by atoms with van der Waals surface area (Å²) in [6.07, 6.45) is 1.55. The topological polar surface area (TPSA) is 29.5 Å². The predicted octanol–water partition coefficient (Wildman–Crippen LogP) is 0.377. The molecular weight excluding hydrogens is 130 g/mol. The third-order valence-corrected chi connectivity index (χ3v) is 1.54. The Morgan fingerprint density at radius 2 is 2.60 bits per heavy atom. The zero-order valence-corrected chi connectivity index (χ0v) is 6.04. The second-order valence-electron chi connectivity index (χ2n) is 2.35. The van der Waals surface area contributed by atoms with Gasteiger partial charge in [-0.25, -0.2) is 0 Å². The Bertz CT molecular complexity index is 156. The number of amides is 1.